The van der Waals surface area contributed by atoms with Crippen molar-refractivity contribution in [3.8, 4) is 0 Å². The van der Waals surface area contributed by atoms with Gasteiger partial charge in [0.2, 0.25) is 0 Å². The largest absolute Gasteiger partial charge is 0.311 e. The summed E-state index contributed by atoms with van der Waals surface area (Å²) in [5.41, 5.74) is 4.43. The molecule has 2 nitrogen and oxygen atoms in total. The smallest absolute Gasteiger partial charge is 0.0504 e. The molecule has 1 atom stereocenters. The minimum absolute atomic E-state index is 0.242. The van der Waals surface area contributed by atoms with Gasteiger partial charge in [0.05, 0.1) is 6.04 Å². The van der Waals surface area contributed by atoms with E-state index in [-0.39, 0.29) is 5.54 Å². The Hall–Kier alpha value is -0.860. The second kappa shape index (κ2) is 6.93. The van der Waals surface area contributed by atoms with Gasteiger partial charge in [-0.1, -0.05) is 55.0 Å². The molecule has 1 aliphatic rings. The van der Waals surface area contributed by atoms with Crippen LogP contribution in [0.2, 0.25) is 0 Å². The number of nitrogens with one attached hydrogen (secondary N) is 1. The highest BCUT2D eigenvalue weighted by Gasteiger charge is 2.41. The normalized spacial score (nSPS) is 20.3. The summed E-state index contributed by atoms with van der Waals surface area (Å²) in [7, 11) is 6.65. The van der Waals surface area contributed by atoms with Crippen LogP contribution < -0.4 is 5.32 Å². The lowest BCUT2D eigenvalue weighted by atomic mass is 9.77. The van der Waals surface area contributed by atoms with Gasteiger partial charge in [-0.2, -0.15) is 0 Å². The molecule has 118 valence electrons. The fourth-order valence-electron chi connectivity index (χ4n) is 4.26. The molecule has 0 amide bonds. The van der Waals surface area contributed by atoms with E-state index >= 15 is 0 Å². The first-order valence-electron chi connectivity index (χ1n) is 8.42. The lowest BCUT2D eigenvalue weighted by Crippen LogP contribution is -2.53. The van der Waals surface area contributed by atoms with Crippen molar-refractivity contribution < 1.29 is 0 Å². The molecule has 0 aliphatic heterocycles. The molecule has 0 saturated heterocycles. The van der Waals surface area contributed by atoms with Crippen LogP contribution in [0.5, 0.6) is 0 Å². The molecule has 1 aromatic carbocycles. The molecule has 2 rings (SSSR count). The Morgan fingerprint density at radius 3 is 1.90 bits per heavy atom. The summed E-state index contributed by atoms with van der Waals surface area (Å²) in [5.74, 6) is 0. The van der Waals surface area contributed by atoms with E-state index in [0.717, 1.165) is 0 Å². The van der Waals surface area contributed by atoms with Gasteiger partial charge in [0.25, 0.3) is 0 Å². The van der Waals surface area contributed by atoms with Crippen molar-refractivity contribution in [1.29, 1.82) is 0 Å². The summed E-state index contributed by atoms with van der Waals surface area (Å²) < 4.78 is 0. The maximum Gasteiger partial charge on any atom is 0.0504 e. The SMILES string of the molecule is CNC(c1cc(C)cc(C)c1)C1(N(C)C)CCCCCC1. The summed E-state index contributed by atoms with van der Waals surface area (Å²) in [4.78, 5) is 2.48. The first kappa shape index (κ1) is 16.5. The molecule has 1 saturated carbocycles. The Bertz CT molecular complexity index is 436. The van der Waals surface area contributed by atoms with Crippen molar-refractivity contribution >= 4 is 0 Å². The maximum atomic E-state index is 3.65. The summed E-state index contributed by atoms with van der Waals surface area (Å²) in [5, 5.41) is 3.65. The van der Waals surface area contributed by atoms with E-state index in [1.807, 2.05) is 0 Å². The molecule has 1 unspecified atom stereocenters. The fourth-order valence-corrected chi connectivity index (χ4v) is 4.26. The summed E-state index contributed by atoms with van der Waals surface area (Å²) in [6, 6.07) is 7.41. The van der Waals surface area contributed by atoms with Gasteiger partial charge in [0.1, 0.15) is 0 Å². The van der Waals surface area contributed by atoms with E-state index in [4.69, 9.17) is 0 Å². The average Bonchev–Trinajstić information content (AvgIpc) is 2.65. The van der Waals surface area contributed by atoms with Gasteiger partial charge >= 0.3 is 0 Å². The second-order valence-electron chi connectivity index (χ2n) is 7.05. The molecule has 1 fully saturated rings. The Kier molecular flexibility index (Phi) is 5.45. The molecule has 0 heterocycles. The Labute approximate surface area is 130 Å². The van der Waals surface area contributed by atoms with E-state index in [1.54, 1.807) is 0 Å². The molecular formula is C19H32N2. The lowest BCUT2D eigenvalue weighted by Gasteiger charge is -2.46. The maximum absolute atomic E-state index is 3.65. The van der Waals surface area contributed by atoms with E-state index < -0.39 is 0 Å². The van der Waals surface area contributed by atoms with E-state index in [9.17, 15) is 0 Å². The van der Waals surface area contributed by atoms with Crippen LogP contribution in [0.15, 0.2) is 18.2 Å². The van der Waals surface area contributed by atoms with Crippen LogP contribution in [0.1, 0.15) is 61.3 Å². The number of likely N-dealkylation sites (N-methyl/N-ethyl adjacent to an activating group) is 2. The van der Waals surface area contributed by atoms with Crippen LogP contribution in [0.3, 0.4) is 0 Å². The predicted molar refractivity (Wildman–Crippen MR) is 91.8 cm³/mol. The zero-order valence-electron chi connectivity index (χ0n) is 14.5. The number of aryl methyl sites for hydroxylation is 2. The standard InChI is InChI=1S/C19H32N2/c1-15-12-16(2)14-17(13-15)18(20-3)19(21(4)5)10-8-6-7-9-11-19/h12-14,18,20H,6-11H2,1-5H3. The van der Waals surface area contributed by atoms with Crippen molar-refractivity contribution in [2.75, 3.05) is 21.1 Å². The van der Waals surface area contributed by atoms with Gasteiger partial charge in [0.15, 0.2) is 0 Å². The second-order valence-corrected chi connectivity index (χ2v) is 7.05. The summed E-state index contributed by atoms with van der Waals surface area (Å²) in [6.45, 7) is 4.41. The highest BCUT2D eigenvalue weighted by molar-refractivity contribution is 5.33. The van der Waals surface area contributed by atoms with Crippen LogP contribution in [0.25, 0.3) is 0 Å². The summed E-state index contributed by atoms with van der Waals surface area (Å²) in [6.07, 6.45) is 8.05. The van der Waals surface area contributed by atoms with Crippen LogP contribution in [-0.2, 0) is 0 Å². The fraction of sp³-hybridized carbons (Fsp3) is 0.684. The third kappa shape index (κ3) is 3.49. The zero-order chi connectivity index (χ0) is 15.5. The molecule has 1 N–H and O–H groups in total. The Balaban J connectivity index is 2.43. The molecule has 21 heavy (non-hydrogen) atoms. The molecule has 0 radical (unpaired) electrons. The Morgan fingerprint density at radius 1 is 0.952 bits per heavy atom. The van der Waals surface area contributed by atoms with Gasteiger partial charge in [-0.3, -0.25) is 0 Å². The molecular weight excluding hydrogens is 256 g/mol. The summed E-state index contributed by atoms with van der Waals surface area (Å²) >= 11 is 0. The number of benzene rings is 1. The minimum atomic E-state index is 0.242. The van der Waals surface area contributed by atoms with Gasteiger partial charge in [-0.05, 0) is 53.4 Å². The van der Waals surface area contributed by atoms with Crippen LogP contribution >= 0.6 is 0 Å². The van der Waals surface area contributed by atoms with Gasteiger partial charge in [-0.25, -0.2) is 0 Å². The highest BCUT2D eigenvalue weighted by Crippen LogP contribution is 2.41. The molecule has 1 aromatic rings. The van der Waals surface area contributed by atoms with E-state index in [2.05, 4.69) is 63.4 Å². The monoisotopic (exact) mass is 288 g/mol. The van der Waals surface area contributed by atoms with Crippen molar-refractivity contribution in [3.05, 3.63) is 34.9 Å². The lowest BCUT2D eigenvalue weighted by molar-refractivity contribution is 0.0834. The van der Waals surface area contributed by atoms with E-state index in [0.29, 0.717) is 6.04 Å². The molecule has 1 aliphatic carbocycles. The van der Waals surface area contributed by atoms with Gasteiger partial charge in [-0.15, -0.1) is 0 Å². The van der Waals surface area contributed by atoms with Crippen molar-refractivity contribution in [3.63, 3.8) is 0 Å². The highest BCUT2D eigenvalue weighted by atomic mass is 15.2. The quantitative estimate of drug-likeness (QED) is 0.835. The number of nitrogens with zero attached hydrogens (tertiary/aromatic N) is 1. The van der Waals surface area contributed by atoms with Crippen LogP contribution in [-0.4, -0.2) is 31.6 Å². The molecule has 0 spiro atoms. The minimum Gasteiger partial charge on any atom is -0.311 e. The third-order valence-corrected chi connectivity index (χ3v) is 5.26. The first-order valence-corrected chi connectivity index (χ1v) is 8.42. The molecule has 2 heteroatoms. The number of hydrogen-bond donors (Lipinski definition) is 1. The van der Waals surface area contributed by atoms with Gasteiger partial charge in [0, 0.05) is 5.54 Å². The molecule has 0 aromatic heterocycles. The van der Waals surface area contributed by atoms with E-state index in [1.165, 1.54) is 55.2 Å². The van der Waals surface area contributed by atoms with Crippen molar-refractivity contribution in [2.45, 2.75) is 64.0 Å². The third-order valence-electron chi connectivity index (χ3n) is 5.26. The number of rotatable bonds is 4. The van der Waals surface area contributed by atoms with Crippen LogP contribution in [0, 0.1) is 13.8 Å². The predicted octanol–water partition coefficient (Wildman–Crippen LogP) is 4.22. The van der Waals surface area contributed by atoms with Crippen molar-refractivity contribution in [2.24, 2.45) is 0 Å². The zero-order valence-corrected chi connectivity index (χ0v) is 14.5. The van der Waals surface area contributed by atoms with Crippen molar-refractivity contribution in [1.82, 2.24) is 10.2 Å². The van der Waals surface area contributed by atoms with Gasteiger partial charge < -0.3 is 10.2 Å². The average molecular weight is 288 g/mol. The number of hydrogen-bond acceptors (Lipinski definition) is 2. The first-order chi connectivity index (χ1) is 9.99. The topological polar surface area (TPSA) is 15.3 Å². The Morgan fingerprint density at radius 2 is 1.48 bits per heavy atom. The van der Waals surface area contributed by atoms with Crippen LogP contribution in [0.4, 0.5) is 0 Å². The molecule has 0 bridgehead atoms.